The number of amides is 2. The Balaban J connectivity index is 1.81. The second-order valence-electron chi connectivity index (χ2n) is 4.18. The topological polar surface area (TPSA) is 82.3 Å². The molecule has 114 valence electrons. The summed E-state index contributed by atoms with van der Waals surface area (Å²) in [6.45, 7) is 0. The van der Waals surface area contributed by atoms with E-state index < -0.39 is 23.4 Å². The van der Waals surface area contributed by atoms with Crippen molar-refractivity contribution in [1.29, 1.82) is 0 Å². The highest BCUT2D eigenvalue weighted by Crippen LogP contribution is 2.08. The summed E-state index contributed by atoms with van der Waals surface area (Å²) >= 11 is 0. The van der Waals surface area contributed by atoms with E-state index in [4.69, 9.17) is 0 Å². The molecule has 2 aromatic rings. The third-order valence-corrected chi connectivity index (χ3v) is 2.50. The number of rotatable bonds is 4. The van der Waals surface area contributed by atoms with Gasteiger partial charge in [0.2, 0.25) is 0 Å². The number of carbonyl (C=O) groups excluding carboxylic acids is 2. The Morgan fingerprint density at radius 3 is 1.50 bits per heavy atom. The van der Waals surface area contributed by atoms with Gasteiger partial charge in [0.15, 0.2) is 0 Å². The largest absolute Gasteiger partial charge is 0.329 e. The van der Waals surface area contributed by atoms with Crippen LogP contribution in [0.4, 0.5) is 20.2 Å². The third-order valence-electron chi connectivity index (χ3n) is 2.50. The molecular formula is C14H12F2N4O2. The first-order valence-electron chi connectivity index (χ1n) is 6.18. The van der Waals surface area contributed by atoms with Gasteiger partial charge >= 0.3 is 11.8 Å². The summed E-state index contributed by atoms with van der Waals surface area (Å²) in [5, 5.41) is 0. The fourth-order valence-corrected chi connectivity index (χ4v) is 1.50. The minimum atomic E-state index is -1.01. The molecular weight excluding hydrogens is 294 g/mol. The molecule has 22 heavy (non-hydrogen) atoms. The quantitative estimate of drug-likeness (QED) is 0.510. The molecule has 0 atom stereocenters. The van der Waals surface area contributed by atoms with E-state index in [2.05, 4.69) is 21.7 Å². The van der Waals surface area contributed by atoms with Crippen LogP contribution in [0.3, 0.4) is 0 Å². The van der Waals surface area contributed by atoms with Crippen molar-refractivity contribution < 1.29 is 18.4 Å². The summed E-state index contributed by atoms with van der Waals surface area (Å²) in [7, 11) is 0. The first kappa shape index (κ1) is 15.2. The summed E-state index contributed by atoms with van der Waals surface area (Å²) in [6.07, 6.45) is 0. The van der Waals surface area contributed by atoms with Crippen LogP contribution >= 0.6 is 0 Å². The molecule has 0 heterocycles. The molecule has 0 aliphatic heterocycles. The SMILES string of the molecule is O=C(NNc1cccc(F)c1)C(=O)NNc1cccc(F)c1. The lowest BCUT2D eigenvalue weighted by Gasteiger charge is -2.10. The smallest absolute Gasteiger partial charge is 0.298 e. The maximum atomic E-state index is 12.9. The molecule has 0 radical (unpaired) electrons. The Labute approximate surface area is 124 Å². The van der Waals surface area contributed by atoms with Crippen LogP contribution in [0.1, 0.15) is 0 Å². The van der Waals surface area contributed by atoms with Gasteiger partial charge < -0.3 is 0 Å². The van der Waals surface area contributed by atoms with Crippen LogP contribution in [0.2, 0.25) is 0 Å². The average Bonchev–Trinajstić information content (AvgIpc) is 2.50. The van der Waals surface area contributed by atoms with Crippen LogP contribution in [0, 0.1) is 11.6 Å². The van der Waals surface area contributed by atoms with Gasteiger partial charge in [-0.05, 0) is 36.4 Å². The average molecular weight is 306 g/mol. The van der Waals surface area contributed by atoms with E-state index in [1.54, 1.807) is 0 Å². The summed E-state index contributed by atoms with van der Waals surface area (Å²) in [5.41, 5.74) is 9.51. The molecule has 0 fully saturated rings. The maximum absolute atomic E-state index is 12.9. The van der Waals surface area contributed by atoms with Gasteiger partial charge in [0.1, 0.15) is 11.6 Å². The van der Waals surface area contributed by atoms with Gasteiger partial charge in [0.25, 0.3) is 0 Å². The molecule has 2 rings (SSSR count). The second-order valence-corrected chi connectivity index (χ2v) is 4.18. The lowest BCUT2D eigenvalue weighted by atomic mass is 10.3. The lowest BCUT2D eigenvalue weighted by Crippen LogP contribution is -2.44. The van der Waals surface area contributed by atoms with Crippen LogP contribution in [0.25, 0.3) is 0 Å². The van der Waals surface area contributed by atoms with Gasteiger partial charge in [0, 0.05) is 0 Å². The number of carbonyl (C=O) groups is 2. The first-order chi connectivity index (χ1) is 10.5. The van der Waals surface area contributed by atoms with Crippen molar-refractivity contribution >= 4 is 23.2 Å². The Kier molecular flexibility index (Phi) is 4.86. The van der Waals surface area contributed by atoms with Crippen molar-refractivity contribution in [2.75, 3.05) is 10.9 Å². The fraction of sp³-hybridized carbons (Fsp3) is 0. The van der Waals surface area contributed by atoms with E-state index >= 15 is 0 Å². The standard InChI is InChI=1S/C14H12F2N4O2/c15-9-3-1-5-11(7-9)17-19-13(21)14(22)20-18-12-6-2-4-10(16)8-12/h1-8,17-18H,(H,19,21)(H,20,22). The van der Waals surface area contributed by atoms with Crippen LogP contribution < -0.4 is 21.7 Å². The normalized spacial score (nSPS) is 9.73. The number of anilines is 2. The van der Waals surface area contributed by atoms with Gasteiger partial charge in [-0.1, -0.05) is 12.1 Å². The highest BCUT2D eigenvalue weighted by atomic mass is 19.1. The Hall–Kier alpha value is -3.16. The van der Waals surface area contributed by atoms with Crippen LogP contribution in [0.5, 0.6) is 0 Å². The van der Waals surface area contributed by atoms with E-state index in [1.807, 2.05) is 0 Å². The van der Waals surface area contributed by atoms with Crippen molar-refractivity contribution in [3.8, 4) is 0 Å². The zero-order valence-corrected chi connectivity index (χ0v) is 11.2. The molecule has 0 spiro atoms. The fourth-order valence-electron chi connectivity index (χ4n) is 1.50. The Morgan fingerprint density at radius 1 is 0.727 bits per heavy atom. The zero-order valence-electron chi connectivity index (χ0n) is 11.2. The van der Waals surface area contributed by atoms with Gasteiger partial charge in [-0.3, -0.25) is 31.3 Å². The zero-order chi connectivity index (χ0) is 15.9. The molecule has 6 nitrogen and oxygen atoms in total. The predicted octanol–water partition coefficient (Wildman–Crippen LogP) is 1.55. The summed E-state index contributed by atoms with van der Waals surface area (Å²) in [6, 6.07) is 10.7. The minimum Gasteiger partial charge on any atom is -0.298 e. The maximum Gasteiger partial charge on any atom is 0.329 e. The van der Waals surface area contributed by atoms with Gasteiger partial charge in [-0.15, -0.1) is 0 Å². The molecule has 0 aliphatic rings. The van der Waals surface area contributed by atoms with E-state index in [0.717, 1.165) is 12.1 Å². The predicted molar refractivity (Wildman–Crippen MR) is 76.3 cm³/mol. The first-order valence-corrected chi connectivity index (χ1v) is 6.18. The van der Waals surface area contributed by atoms with Crippen molar-refractivity contribution in [2.24, 2.45) is 0 Å². The van der Waals surface area contributed by atoms with E-state index in [9.17, 15) is 18.4 Å². The van der Waals surface area contributed by atoms with Crippen molar-refractivity contribution in [3.05, 3.63) is 60.2 Å². The second kappa shape index (κ2) is 7.02. The number of hydrogen-bond donors (Lipinski definition) is 4. The van der Waals surface area contributed by atoms with Crippen molar-refractivity contribution in [3.63, 3.8) is 0 Å². The number of benzene rings is 2. The molecule has 0 aliphatic carbocycles. The Bertz CT molecular complexity index is 635. The highest BCUT2D eigenvalue weighted by Gasteiger charge is 2.12. The van der Waals surface area contributed by atoms with Gasteiger partial charge in [0.05, 0.1) is 11.4 Å². The molecule has 2 amide bonds. The Morgan fingerprint density at radius 2 is 1.14 bits per heavy atom. The molecule has 0 bridgehead atoms. The third kappa shape index (κ3) is 4.44. The molecule has 0 saturated heterocycles. The summed E-state index contributed by atoms with van der Waals surface area (Å²) < 4.78 is 25.8. The molecule has 2 aromatic carbocycles. The molecule has 0 unspecified atom stereocenters. The number of halogens is 2. The van der Waals surface area contributed by atoms with Crippen LogP contribution in [-0.2, 0) is 9.59 Å². The highest BCUT2D eigenvalue weighted by molar-refractivity contribution is 6.35. The molecule has 8 heteroatoms. The van der Waals surface area contributed by atoms with Crippen molar-refractivity contribution in [1.82, 2.24) is 10.9 Å². The molecule has 0 saturated carbocycles. The summed E-state index contributed by atoms with van der Waals surface area (Å²) in [4.78, 5) is 23.0. The van der Waals surface area contributed by atoms with Crippen LogP contribution in [-0.4, -0.2) is 11.8 Å². The van der Waals surface area contributed by atoms with Crippen LogP contribution in [0.15, 0.2) is 48.5 Å². The van der Waals surface area contributed by atoms with Gasteiger partial charge in [-0.25, -0.2) is 8.78 Å². The van der Waals surface area contributed by atoms with Gasteiger partial charge in [-0.2, -0.15) is 0 Å². The number of hydrazine groups is 2. The molecule has 0 aromatic heterocycles. The monoisotopic (exact) mass is 306 g/mol. The van der Waals surface area contributed by atoms with E-state index in [1.165, 1.54) is 36.4 Å². The minimum absolute atomic E-state index is 0.277. The number of nitrogens with one attached hydrogen (secondary N) is 4. The van der Waals surface area contributed by atoms with E-state index in [0.29, 0.717) is 0 Å². The van der Waals surface area contributed by atoms with E-state index in [-0.39, 0.29) is 11.4 Å². The number of hydrogen-bond acceptors (Lipinski definition) is 4. The summed E-state index contributed by atoms with van der Waals surface area (Å²) in [5.74, 6) is -2.99. The lowest BCUT2D eigenvalue weighted by molar-refractivity contribution is -0.138. The molecule has 4 N–H and O–H groups in total. The van der Waals surface area contributed by atoms with Crippen molar-refractivity contribution in [2.45, 2.75) is 0 Å².